The molecule has 0 saturated heterocycles. The number of nitro benzene ring substituents is 1. The van der Waals surface area contributed by atoms with Crippen LogP contribution in [0.4, 0.5) is 5.69 Å². The van der Waals surface area contributed by atoms with E-state index in [1.165, 1.54) is 24.3 Å². The molecule has 0 aliphatic heterocycles. The number of nitrogens with two attached hydrogens (primary N) is 1. The van der Waals surface area contributed by atoms with Gasteiger partial charge in [0, 0.05) is 18.1 Å². The molecular formula is C21H23N3O6. The zero-order valence-electron chi connectivity index (χ0n) is 16.4. The summed E-state index contributed by atoms with van der Waals surface area (Å²) in [6.07, 6.45) is -0.206. The molecule has 0 heterocycles. The van der Waals surface area contributed by atoms with E-state index in [1.807, 2.05) is 6.07 Å². The van der Waals surface area contributed by atoms with Crippen LogP contribution in [0.5, 0.6) is 0 Å². The summed E-state index contributed by atoms with van der Waals surface area (Å²) in [6.45, 7) is 1.79. The summed E-state index contributed by atoms with van der Waals surface area (Å²) >= 11 is 0. The van der Waals surface area contributed by atoms with E-state index in [2.05, 4.69) is 5.32 Å². The molecule has 158 valence electrons. The molecule has 0 radical (unpaired) electrons. The first-order chi connectivity index (χ1) is 14.3. The van der Waals surface area contributed by atoms with Crippen LogP contribution in [0.3, 0.4) is 0 Å². The van der Waals surface area contributed by atoms with Gasteiger partial charge in [-0.05, 0) is 18.1 Å². The molecular weight excluding hydrogens is 390 g/mol. The summed E-state index contributed by atoms with van der Waals surface area (Å²) in [7, 11) is 0. The number of esters is 1. The molecule has 0 unspecified atom stereocenters. The van der Waals surface area contributed by atoms with Crippen molar-refractivity contribution in [3.05, 3.63) is 75.8 Å². The van der Waals surface area contributed by atoms with Gasteiger partial charge < -0.3 is 15.8 Å². The van der Waals surface area contributed by atoms with Crippen molar-refractivity contribution in [1.29, 1.82) is 0 Å². The highest BCUT2D eigenvalue weighted by Gasteiger charge is 2.32. The van der Waals surface area contributed by atoms with Gasteiger partial charge in [0.15, 0.2) is 0 Å². The molecule has 0 aromatic heterocycles. The molecule has 2 aromatic rings. The number of nitro groups is 1. The van der Waals surface area contributed by atoms with Crippen molar-refractivity contribution in [2.24, 2.45) is 5.73 Å². The standard InChI is InChI=1S/C21H23N3O6/c1-2-30-19(26)13-17(15-8-10-16(11-9-15)24(28)29)20(21(22)27)23-18(25)12-14-6-4-3-5-7-14/h3-11,17,20H,2,12-13H2,1H3,(H2,22,27)(H,23,25)/t17-,20+/m1/s1. The van der Waals surface area contributed by atoms with Gasteiger partial charge in [0.05, 0.1) is 24.4 Å². The molecule has 0 fully saturated rings. The minimum atomic E-state index is -1.20. The first-order valence-electron chi connectivity index (χ1n) is 9.34. The second-order valence-electron chi connectivity index (χ2n) is 6.57. The normalized spacial score (nSPS) is 12.4. The van der Waals surface area contributed by atoms with Crippen molar-refractivity contribution in [2.45, 2.75) is 31.7 Å². The minimum Gasteiger partial charge on any atom is -0.466 e. The molecule has 0 saturated carbocycles. The predicted molar refractivity (Wildman–Crippen MR) is 108 cm³/mol. The lowest BCUT2D eigenvalue weighted by Crippen LogP contribution is -2.49. The molecule has 0 aliphatic carbocycles. The SMILES string of the molecule is CCOC(=O)C[C@H](c1ccc([N+](=O)[O-])cc1)[C@H](NC(=O)Cc1ccccc1)C(N)=O. The number of primary amides is 1. The van der Waals surface area contributed by atoms with Crippen LogP contribution < -0.4 is 11.1 Å². The monoisotopic (exact) mass is 413 g/mol. The van der Waals surface area contributed by atoms with Crippen LogP contribution in [-0.2, 0) is 25.5 Å². The first-order valence-corrected chi connectivity index (χ1v) is 9.34. The Kier molecular flexibility index (Phi) is 8.04. The summed E-state index contributed by atoms with van der Waals surface area (Å²) in [5.41, 5.74) is 6.58. The fourth-order valence-corrected chi connectivity index (χ4v) is 3.05. The maximum atomic E-state index is 12.5. The van der Waals surface area contributed by atoms with Gasteiger partial charge in [0.2, 0.25) is 11.8 Å². The quantitative estimate of drug-likeness (QED) is 0.346. The lowest BCUT2D eigenvalue weighted by molar-refractivity contribution is -0.384. The van der Waals surface area contributed by atoms with Crippen LogP contribution in [0.1, 0.15) is 30.4 Å². The molecule has 9 nitrogen and oxygen atoms in total. The minimum absolute atomic E-state index is 0.0248. The van der Waals surface area contributed by atoms with E-state index in [-0.39, 0.29) is 25.1 Å². The molecule has 0 spiro atoms. The second kappa shape index (κ2) is 10.7. The number of rotatable bonds is 10. The maximum absolute atomic E-state index is 12.5. The first kappa shape index (κ1) is 22.5. The fraction of sp³-hybridized carbons (Fsp3) is 0.286. The van der Waals surface area contributed by atoms with Crippen LogP contribution in [-0.4, -0.2) is 35.4 Å². The highest BCUT2D eigenvalue weighted by atomic mass is 16.6. The van der Waals surface area contributed by atoms with Gasteiger partial charge in [-0.3, -0.25) is 24.5 Å². The highest BCUT2D eigenvalue weighted by molar-refractivity contribution is 5.89. The third-order valence-electron chi connectivity index (χ3n) is 4.46. The van der Waals surface area contributed by atoms with Crippen molar-refractivity contribution in [3.63, 3.8) is 0 Å². The third kappa shape index (κ3) is 6.40. The van der Waals surface area contributed by atoms with Crippen molar-refractivity contribution < 1.29 is 24.0 Å². The van der Waals surface area contributed by atoms with E-state index in [0.717, 1.165) is 5.56 Å². The Labute approximate surface area is 173 Å². The molecule has 0 aliphatic rings. The number of ether oxygens (including phenoxy) is 1. The number of nitrogens with zero attached hydrogens (tertiary/aromatic N) is 1. The average Bonchev–Trinajstić information content (AvgIpc) is 2.71. The van der Waals surface area contributed by atoms with Crippen molar-refractivity contribution in [1.82, 2.24) is 5.32 Å². The largest absolute Gasteiger partial charge is 0.466 e. The van der Waals surface area contributed by atoms with Crippen molar-refractivity contribution in [3.8, 4) is 0 Å². The van der Waals surface area contributed by atoms with Gasteiger partial charge in [0.25, 0.3) is 5.69 Å². The Morgan fingerprint density at radius 2 is 1.73 bits per heavy atom. The summed E-state index contributed by atoms with van der Waals surface area (Å²) in [4.78, 5) is 47.1. The Morgan fingerprint density at radius 3 is 2.27 bits per heavy atom. The van der Waals surface area contributed by atoms with E-state index in [9.17, 15) is 24.5 Å². The Balaban J connectivity index is 2.28. The number of non-ortho nitro benzene ring substituents is 1. The number of carbonyl (C=O) groups is 3. The predicted octanol–water partition coefficient (Wildman–Crippen LogP) is 1.84. The maximum Gasteiger partial charge on any atom is 0.306 e. The van der Waals surface area contributed by atoms with Gasteiger partial charge in [-0.2, -0.15) is 0 Å². The van der Waals surface area contributed by atoms with Crippen molar-refractivity contribution >= 4 is 23.5 Å². The Hall–Kier alpha value is -3.75. The summed E-state index contributed by atoms with van der Waals surface area (Å²) in [6, 6.07) is 13.1. The number of benzene rings is 2. The lowest BCUT2D eigenvalue weighted by atomic mass is 9.87. The van der Waals surface area contributed by atoms with Crippen LogP contribution in [0.2, 0.25) is 0 Å². The zero-order chi connectivity index (χ0) is 22.1. The zero-order valence-corrected chi connectivity index (χ0v) is 16.4. The van der Waals surface area contributed by atoms with Gasteiger partial charge in [-0.15, -0.1) is 0 Å². The fourth-order valence-electron chi connectivity index (χ4n) is 3.05. The highest BCUT2D eigenvalue weighted by Crippen LogP contribution is 2.26. The number of hydrogen-bond donors (Lipinski definition) is 2. The molecule has 9 heteroatoms. The number of carbonyl (C=O) groups excluding carboxylic acids is 3. The molecule has 2 amide bonds. The van der Waals surface area contributed by atoms with Gasteiger partial charge in [0.1, 0.15) is 6.04 Å². The molecule has 0 bridgehead atoms. The van der Waals surface area contributed by atoms with Crippen LogP contribution in [0.15, 0.2) is 54.6 Å². The smallest absolute Gasteiger partial charge is 0.306 e. The number of amides is 2. The number of nitrogens with one attached hydrogen (secondary N) is 1. The third-order valence-corrected chi connectivity index (χ3v) is 4.46. The summed E-state index contributed by atoms with van der Waals surface area (Å²) in [5, 5.41) is 13.5. The van der Waals surface area contributed by atoms with E-state index in [0.29, 0.717) is 5.56 Å². The Morgan fingerprint density at radius 1 is 1.10 bits per heavy atom. The van der Waals surface area contributed by atoms with Crippen LogP contribution in [0, 0.1) is 10.1 Å². The molecule has 30 heavy (non-hydrogen) atoms. The lowest BCUT2D eigenvalue weighted by Gasteiger charge is -2.25. The Bertz CT molecular complexity index is 899. The molecule has 2 aromatic carbocycles. The second-order valence-corrected chi connectivity index (χ2v) is 6.57. The van der Waals surface area contributed by atoms with Gasteiger partial charge in [-0.1, -0.05) is 42.5 Å². The van der Waals surface area contributed by atoms with Gasteiger partial charge >= 0.3 is 5.97 Å². The topological polar surface area (TPSA) is 142 Å². The molecule has 2 rings (SSSR count). The average molecular weight is 413 g/mol. The molecule has 3 N–H and O–H groups in total. The van der Waals surface area contributed by atoms with Gasteiger partial charge in [-0.25, -0.2) is 0 Å². The van der Waals surface area contributed by atoms with E-state index in [4.69, 9.17) is 10.5 Å². The van der Waals surface area contributed by atoms with Crippen LogP contribution >= 0.6 is 0 Å². The summed E-state index contributed by atoms with van der Waals surface area (Å²) < 4.78 is 4.97. The van der Waals surface area contributed by atoms with Crippen LogP contribution in [0.25, 0.3) is 0 Å². The van der Waals surface area contributed by atoms with Crippen molar-refractivity contribution in [2.75, 3.05) is 6.61 Å². The van der Waals surface area contributed by atoms with E-state index < -0.39 is 34.7 Å². The molecule has 2 atom stereocenters. The van der Waals surface area contributed by atoms with E-state index >= 15 is 0 Å². The summed E-state index contributed by atoms with van der Waals surface area (Å²) in [5.74, 6) is -2.70. The number of hydrogen-bond acceptors (Lipinski definition) is 6. The van der Waals surface area contributed by atoms with E-state index in [1.54, 1.807) is 31.2 Å².